The highest BCUT2D eigenvalue weighted by atomic mass is 32.1. The number of thiazole rings is 1. The molecule has 3 rings (SSSR count). The van der Waals surface area contributed by atoms with Crippen LogP contribution in [0.4, 0.5) is 5.00 Å². The Morgan fingerprint density at radius 2 is 2.09 bits per heavy atom. The summed E-state index contributed by atoms with van der Waals surface area (Å²) in [4.78, 5) is 4.41. The zero-order chi connectivity index (χ0) is 15.5. The van der Waals surface area contributed by atoms with Crippen LogP contribution in [0.15, 0.2) is 34.5 Å². The van der Waals surface area contributed by atoms with E-state index < -0.39 is 6.04 Å². The van der Waals surface area contributed by atoms with Crippen molar-refractivity contribution in [2.75, 3.05) is 0 Å². The molecule has 0 aliphatic rings. The number of aryl methyl sites for hydroxylation is 1. The van der Waals surface area contributed by atoms with Gasteiger partial charge in [-0.3, -0.25) is 0 Å². The summed E-state index contributed by atoms with van der Waals surface area (Å²) in [5, 5.41) is 27.4. The first kappa shape index (κ1) is 14.3. The number of hydrogen-bond donors (Lipinski definition) is 0. The number of azo groups is 1. The molecule has 1 unspecified atom stereocenters. The fraction of sp³-hybridized carbons (Fsp3) is 0.143. The van der Waals surface area contributed by atoms with Gasteiger partial charge in [0.05, 0.1) is 22.0 Å². The predicted molar refractivity (Wildman–Crippen MR) is 84.1 cm³/mol. The van der Waals surface area contributed by atoms with Gasteiger partial charge in [-0.15, -0.1) is 16.5 Å². The molecule has 0 saturated heterocycles. The average Bonchev–Trinajstić information content (AvgIpc) is 3.11. The van der Waals surface area contributed by atoms with Crippen molar-refractivity contribution >= 4 is 38.1 Å². The van der Waals surface area contributed by atoms with Crippen molar-refractivity contribution in [2.45, 2.75) is 13.0 Å². The van der Waals surface area contributed by atoms with Crippen LogP contribution in [0.1, 0.15) is 22.3 Å². The van der Waals surface area contributed by atoms with Gasteiger partial charge in [0, 0.05) is 0 Å². The summed E-state index contributed by atoms with van der Waals surface area (Å²) in [6.07, 6.45) is 0. The normalized spacial score (nSPS) is 12.3. The summed E-state index contributed by atoms with van der Waals surface area (Å²) >= 11 is 2.51. The monoisotopic (exact) mass is 324 g/mol. The first-order chi connectivity index (χ1) is 10.7. The SMILES string of the molecule is Cc1nsc(N=NC(C#N)c2nc3ccccc3s2)c1C#N. The molecule has 2 aromatic heterocycles. The second kappa shape index (κ2) is 5.98. The van der Waals surface area contributed by atoms with Crippen LogP contribution in [0.2, 0.25) is 0 Å². The minimum absolute atomic E-state index is 0.398. The topological polar surface area (TPSA) is 98.1 Å². The Labute approximate surface area is 134 Å². The van der Waals surface area contributed by atoms with Gasteiger partial charge in [0.15, 0.2) is 5.00 Å². The highest BCUT2D eigenvalue weighted by Crippen LogP contribution is 2.31. The maximum Gasteiger partial charge on any atom is 0.208 e. The highest BCUT2D eigenvalue weighted by molar-refractivity contribution is 7.18. The summed E-state index contributed by atoms with van der Waals surface area (Å²) in [6, 6.07) is 11.0. The van der Waals surface area contributed by atoms with E-state index in [4.69, 9.17) is 5.26 Å². The summed E-state index contributed by atoms with van der Waals surface area (Å²) in [6.45, 7) is 1.74. The Balaban J connectivity index is 1.93. The molecule has 0 aliphatic carbocycles. The first-order valence-corrected chi connectivity index (χ1v) is 7.84. The lowest BCUT2D eigenvalue weighted by atomic mass is 10.3. The molecule has 1 aromatic carbocycles. The van der Waals surface area contributed by atoms with Crippen LogP contribution >= 0.6 is 22.9 Å². The van der Waals surface area contributed by atoms with Crippen molar-refractivity contribution in [3.05, 3.63) is 40.5 Å². The van der Waals surface area contributed by atoms with Gasteiger partial charge in [-0.1, -0.05) is 12.1 Å². The van der Waals surface area contributed by atoms with E-state index in [1.807, 2.05) is 30.3 Å². The van der Waals surface area contributed by atoms with Crippen molar-refractivity contribution in [2.24, 2.45) is 10.2 Å². The third kappa shape index (κ3) is 2.58. The average molecular weight is 324 g/mol. The fourth-order valence-electron chi connectivity index (χ4n) is 1.80. The van der Waals surface area contributed by atoms with Gasteiger partial charge < -0.3 is 0 Å². The van der Waals surface area contributed by atoms with E-state index in [1.165, 1.54) is 11.3 Å². The number of aromatic nitrogens is 2. The van der Waals surface area contributed by atoms with E-state index in [0.29, 0.717) is 21.3 Å². The van der Waals surface area contributed by atoms with Gasteiger partial charge in [0.2, 0.25) is 6.04 Å². The van der Waals surface area contributed by atoms with E-state index >= 15 is 0 Å². The maximum atomic E-state index is 9.30. The molecule has 0 N–H and O–H groups in total. The number of benzene rings is 1. The second-order valence-corrected chi connectivity index (χ2v) is 6.14. The fourth-order valence-corrected chi connectivity index (χ4v) is 3.43. The van der Waals surface area contributed by atoms with E-state index in [9.17, 15) is 5.26 Å². The molecule has 0 amide bonds. The molecule has 6 nitrogen and oxygen atoms in total. The van der Waals surface area contributed by atoms with Crippen LogP contribution in [0, 0.1) is 29.6 Å². The summed E-state index contributed by atoms with van der Waals surface area (Å²) in [5.74, 6) is 0. The Hall–Kier alpha value is -2.68. The zero-order valence-corrected chi connectivity index (χ0v) is 13.0. The molecule has 0 radical (unpaired) electrons. The van der Waals surface area contributed by atoms with Crippen LogP contribution in [0.3, 0.4) is 0 Å². The second-order valence-electron chi connectivity index (χ2n) is 4.33. The summed E-state index contributed by atoms with van der Waals surface area (Å²) < 4.78 is 5.07. The van der Waals surface area contributed by atoms with Crippen LogP contribution in [-0.4, -0.2) is 9.36 Å². The lowest BCUT2D eigenvalue weighted by Crippen LogP contribution is -1.89. The molecule has 0 spiro atoms. The zero-order valence-electron chi connectivity index (χ0n) is 11.4. The van der Waals surface area contributed by atoms with E-state index in [-0.39, 0.29) is 0 Å². The third-order valence-corrected chi connectivity index (χ3v) is 4.80. The number of fused-ring (bicyclic) bond motifs is 1. The van der Waals surface area contributed by atoms with Gasteiger partial charge in [-0.25, -0.2) is 4.98 Å². The molecule has 2 heterocycles. The van der Waals surface area contributed by atoms with Gasteiger partial charge in [-0.05, 0) is 30.6 Å². The molecule has 0 fully saturated rings. The van der Waals surface area contributed by atoms with Crippen molar-refractivity contribution in [3.63, 3.8) is 0 Å². The minimum Gasteiger partial charge on any atom is -0.238 e. The molecule has 3 aromatic rings. The molecule has 0 saturated carbocycles. The van der Waals surface area contributed by atoms with Crippen molar-refractivity contribution < 1.29 is 0 Å². The smallest absolute Gasteiger partial charge is 0.208 e. The number of nitrogens with zero attached hydrogens (tertiary/aromatic N) is 6. The van der Waals surface area contributed by atoms with E-state index in [2.05, 4.69) is 25.7 Å². The Morgan fingerprint density at radius 1 is 1.27 bits per heavy atom. The molecular formula is C14H8N6S2. The summed E-state index contributed by atoms with van der Waals surface area (Å²) in [7, 11) is 0. The number of rotatable bonds is 3. The Kier molecular flexibility index (Phi) is 3.88. The third-order valence-electron chi connectivity index (χ3n) is 2.89. The Bertz CT molecular complexity index is 907. The van der Waals surface area contributed by atoms with Crippen molar-refractivity contribution in [1.29, 1.82) is 10.5 Å². The number of nitriles is 2. The lowest BCUT2D eigenvalue weighted by Gasteiger charge is -1.95. The Morgan fingerprint density at radius 3 is 2.82 bits per heavy atom. The summed E-state index contributed by atoms with van der Waals surface area (Å²) in [5.41, 5.74) is 1.86. The van der Waals surface area contributed by atoms with Crippen molar-refractivity contribution in [3.8, 4) is 12.1 Å². The minimum atomic E-state index is -0.786. The maximum absolute atomic E-state index is 9.30. The van der Waals surface area contributed by atoms with Crippen LogP contribution < -0.4 is 0 Å². The number of hydrogen-bond acceptors (Lipinski definition) is 8. The van der Waals surface area contributed by atoms with E-state index in [0.717, 1.165) is 21.7 Å². The molecule has 8 heteroatoms. The van der Waals surface area contributed by atoms with Crippen LogP contribution in [-0.2, 0) is 0 Å². The molecule has 1 atom stereocenters. The number of para-hydroxylation sites is 1. The molecule has 106 valence electrons. The van der Waals surface area contributed by atoms with Crippen LogP contribution in [0.5, 0.6) is 0 Å². The lowest BCUT2D eigenvalue weighted by molar-refractivity contribution is 0.847. The van der Waals surface area contributed by atoms with Gasteiger partial charge >= 0.3 is 0 Å². The van der Waals surface area contributed by atoms with Crippen molar-refractivity contribution in [1.82, 2.24) is 9.36 Å². The van der Waals surface area contributed by atoms with Gasteiger partial charge in [-0.2, -0.15) is 20.0 Å². The molecule has 0 aliphatic heterocycles. The van der Waals surface area contributed by atoms with Gasteiger partial charge in [0.1, 0.15) is 16.6 Å². The first-order valence-electron chi connectivity index (χ1n) is 6.25. The van der Waals surface area contributed by atoms with Crippen LogP contribution in [0.25, 0.3) is 10.2 Å². The quantitative estimate of drug-likeness (QED) is 0.671. The predicted octanol–water partition coefficient (Wildman–Crippen LogP) is 4.28. The molecule has 22 heavy (non-hydrogen) atoms. The van der Waals surface area contributed by atoms with Gasteiger partial charge in [0.25, 0.3) is 0 Å². The molecule has 0 bridgehead atoms. The standard InChI is InChI=1S/C14H8N6S2/c1-8-9(6-15)13(22-20-8)19-18-11(7-16)14-17-10-4-2-3-5-12(10)21-14/h2-5,11H,1H3. The molecular weight excluding hydrogens is 316 g/mol. The largest absolute Gasteiger partial charge is 0.238 e. The van der Waals surface area contributed by atoms with E-state index in [1.54, 1.807) is 6.92 Å². The highest BCUT2D eigenvalue weighted by Gasteiger charge is 2.16.